The molecule has 2 atom stereocenters. The van der Waals surface area contributed by atoms with E-state index in [0.717, 1.165) is 0 Å². The maximum atomic E-state index is 10.9. The van der Waals surface area contributed by atoms with Crippen molar-refractivity contribution < 1.29 is 31.9 Å². The van der Waals surface area contributed by atoms with E-state index in [0.29, 0.717) is 6.61 Å². The third-order valence-electron chi connectivity index (χ3n) is 1.06. The molecule has 6 heteroatoms. The van der Waals surface area contributed by atoms with Gasteiger partial charge >= 0.3 is 5.97 Å². The second-order valence-corrected chi connectivity index (χ2v) is 3.67. The summed E-state index contributed by atoms with van der Waals surface area (Å²) in [5.74, 6) is -0.0959. The zero-order valence-corrected chi connectivity index (χ0v) is 8.78. The van der Waals surface area contributed by atoms with Gasteiger partial charge in [-0.2, -0.15) is 0 Å². The second kappa shape index (κ2) is 7.52. The van der Waals surface area contributed by atoms with E-state index in [-0.39, 0.29) is 24.1 Å². The smallest absolute Gasteiger partial charge is 0.365 e. The van der Waals surface area contributed by atoms with E-state index in [9.17, 15) is 9.00 Å². The number of carbonyl (C=O) groups is 1. The van der Waals surface area contributed by atoms with Gasteiger partial charge in [0.1, 0.15) is 0 Å². The van der Waals surface area contributed by atoms with Gasteiger partial charge in [-0.1, -0.05) is 0 Å². The van der Waals surface area contributed by atoms with Crippen LogP contribution in [-0.2, 0) is 20.3 Å². The number of ether oxygens (including phenoxy) is 1. The lowest BCUT2D eigenvalue weighted by atomic mass is 10.4. The summed E-state index contributed by atoms with van der Waals surface area (Å²) in [5, 5.41) is 0. The molecule has 74 valence electrons. The second-order valence-electron chi connectivity index (χ2n) is 2.19. The van der Waals surface area contributed by atoms with Crippen LogP contribution in [0.5, 0.6) is 0 Å². The topological polar surface area (TPSA) is 71.0 Å². The van der Waals surface area contributed by atoms with Gasteiger partial charge < -0.3 is 22.9 Å². The number of hydrogen-bond donors (Lipinski definition) is 1. The van der Waals surface area contributed by atoms with Gasteiger partial charge in [0.05, 0.1) is 12.4 Å². The normalized spacial score (nSPS) is 14.2. The highest BCUT2D eigenvalue weighted by atomic mass is 35.5. The first-order chi connectivity index (χ1) is 5.07. The van der Waals surface area contributed by atoms with Crippen molar-refractivity contribution in [3.8, 4) is 0 Å². The Morgan fingerprint density at radius 3 is 2.50 bits per heavy atom. The fourth-order valence-electron chi connectivity index (χ4n) is 0.611. The number of carbonyl (C=O) groups excluding carboxylic acids is 1. The summed E-state index contributed by atoms with van der Waals surface area (Å²) in [5.41, 5.74) is 3.53. The van der Waals surface area contributed by atoms with E-state index < -0.39 is 16.8 Å². The quantitative estimate of drug-likeness (QED) is 0.481. The number of esters is 1. The van der Waals surface area contributed by atoms with Crippen molar-refractivity contribution >= 4 is 16.8 Å². The molecule has 0 saturated carbocycles. The molecule has 0 fully saturated rings. The van der Waals surface area contributed by atoms with Gasteiger partial charge in [0, 0.05) is 17.1 Å². The Labute approximate surface area is 80.7 Å². The number of halogens is 1. The lowest BCUT2D eigenvalue weighted by Crippen LogP contribution is -3.00. The van der Waals surface area contributed by atoms with Crippen molar-refractivity contribution in [3.63, 3.8) is 0 Å². The highest BCUT2D eigenvalue weighted by Gasteiger charge is 2.19. The molecule has 0 aliphatic heterocycles. The molecule has 0 amide bonds. The maximum absolute atomic E-state index is 10.9. The van der Waals surface area contributed by atoms with Gasteiger partial charge in [0.25, 0.3) is 0 Å². The zero-order valence-electron chi connectivity index (χ0n) is 7.21. The van der Waals surface area contributed by atoms with Crippen LogP contribution in [0, 0.1) is 0 Å². The highest BCUT2D eigenvalue weighted by Crippen LogP contribution is 1.85. The fourth-order valence-corrected chi connectivity index (χ4v) is 1.31. The molecule has 0 aromatic carbocycles. The van der Waals surface area contributed by atoms with Crippen molar-refractivity contribution in [1.82, 2.24) is 0 Å². The molecule has 0 rings (SSSR count). The molecule has 3 N–H and O–H groups in total. The molecule has 0 radical (unpaired) electrons. The molecule has 0 bridgehead atoms. The molecule has 0 aromatic rings. The van der Waals surface area contributed by atoms with Crippen molar-refractivity contribution in [3.05, 3.63) is 0 Å². The summed E-state index contributed by atoms with van der Waals surface area (Å²) in [6.07, 6.45) is 1.54. The Morgan fingerprint density at radius 2 is 2.17 bits per heavy atom. The van der Waals surface area contributed by atoms with Gasteiger partial charge in [-0.05, 0) is 6.92 Å². The molecule has 0 spiro atoms. The molecule has 0 aromatic heterocycles. The van der Waals surface area contributed by atoms with Crippen molar-refractivity contribution in [1.29, 1.82) is 0 Å². The van der Waals surface area contributed by atoms with Crippen LogP contribution in [0.4, 0.5) is 0 Å². The van der Waals surface area contributed by atoms with Crippen LogP contribution in [0.1, 0.15) is 6.92 Å². The predicted octanol–water partition coefficient (Wildman–Crippen LogP) is -4.46. The van der Waals surface area contributed by atoms with Crippen molar-refractivity contribution in [2.24, 2.45) is 0 Å². The molecule has 0 heterocycles. The van der Waals surface area contributed by atoms with Gasteiger partial charge in [-0.15, -0.1) is 0 Å². The summed E-state index contributed by atoms with van der Waals surface area (Å²) >= 11 is 0. The molecule has 2 unspecified atom stereocenters. The Kier molecular flexibility index (Phi) is 9.02. The number of hydrogen-bond acceptors (Lipinski definition) is 3. The lowest BCUT2D eigenvalue weighted by Gasteiger charge is -2.04. The first-order valence-electron chi connectivity index (χ1n) is 3.37. The molecule has 0 saturated heterocycles. The van der Waals surface area contributed by atoms with E-state index in [4.69, 9.17) is 0 Å². The van der Waals surface area contributed by atoms with Gasteiger partial charge in [-0.3, -0.25) is 4.21 Å². The highest BCUT2D eigenvalue weighted by molar-refractivity contribution is 7.84. The van der Waals surface area contributed by atoms with Crippen LogP contribution >= 0.6 is 0 Å². The Bertz CT molecular complexity index is 165. The van der Waals surface area contributed by atoms with E-state index in [2.05, 4.69) is 10.5 Å². The van der Waals surface area contributed by atoms with Crippen LogP contribution in [0.2, 0.25) is 0 Å². The fraction of sp³-hybridized carbons (Fsp3) is 0.833. The van der Waals surface area contributed by atoms with Gasteiger partial charge in [0.15, 0.2) is 6.04 Å². The Morgan fingerprint density at radius 1 is 1.67 bits per heavy atom. The molecule has 0 aliphatic carbocycles. The van der Waals surface area contributed by atoms with Crippen LogP contribution in [0.3, 0.4) is 0 Å². The van der Waals surface area contributed by atoms with E-state index in [1.165, 1.54) is 6.26 Å². The SMILES string of the molecule is CCOC(=O)C([NH3+])CS(C)=O.[Cl-]. The van der Waals surface area contributed by atoms with Crippen LogP contribution in [0.15, 0.2) is 0 Å². The standard InChI is InChI=1S/C6H13NO3S.ClH/c1-3-10-6(8)5(7)4-11(2)9;/h5H,3-4,7H2,1-2H3;1H. The molecular weight excluding hydrogens is 202 g/mol. The van der Waals surface area contributed by atoms with Gasteiger partial charge in [0.2, 0.25) is 0 Å². The summed E-state index contributed by atoms with van der Waals surface area (Å²) in [7, 11) is -0.983. The molecule has 4 nitrogen and oxygen atoms in total. The maximum Gasteiger partial charge on any atom is 0.365 e. The summed E-state index contributed by atoms with van der Waals surface area (Å²) in [6.45, 7) is 2.08. The minimum atomic E-state index is -0.983. The largest absolute Gasteiger partial charge is 1.00 e. The summed E-state index contributed by atoms with van der Waals surface area (Å²) < 4.78 is 15.3. The monoisotopic (exact) mass is 215 g/mol. The van der Waals surface area contributed by atoms with Crippen LogP contribution in [0.25, 0.3) is 0 Å². The minimum Gasteiger partial charge on any atom is -1.00 e. The predicted molar refractivity (Wildman–Crippen MR) is 42.2 cm³/mol. The molecule has 0 aliphatic rings. The third kappa shape index (κ3) is 6.57. The van der Waals surface area contributed by atoms with Crippen molar-refractivity contribution in [2.75, 3.05) is 18.6 Å². The van der Waals surface area contributed by atoms with Crippen LogP contribution < -0.4 is 18.1 Å². The van der Waals surface area contributed by atoms with E-state index >= 15 is 0 Å². The average Bonchev–Trinajstić information content (AvgIpc) is 1.86. The van der Waals surface area contributed by atoms with Gasteiger partial charge in [-0.25, -0.2) is 4.79 Å². The van der Waals surface area contributed by atoms with Crippen LogP contribution in [-0.4, -0.2) is 34.8 Å². The van der Waals surface area contributed by atoms with Crippen molar-refractivity contribution in [2.45, 2.75) is 13.0 Å². The first kappa shape index (κ1) is 14.4. The summed E-state index contributed by atoms with van der Waals surface area (Å²) in [4.78, 5) is 10.9. The molecule has 12 heavy (non-hydrogen) atoms. The zero-order chi connectivity index (χ0) is 8.85. The average molecular weight is 216 g/mol. The minimum absolute atomic E-state index is 0. The van der Waals surface area contributed by atoms with E-state index in [1.807, 2.05) is 0 Å². The first-order valence-corrected chi connectivity index (χ1v) is 5.10. The lowest BCUT2D eigenvalue weighted by molar-refractivity contribution is -0.401. The Balaban J connectivity index is 0. The number of rotatable bonds is 4. The molecular formula is C6H14ClNO3S. The third-order valence-corrected chi connectivity index (χ3v) is 1.93. The van der Waals surface area contributed by atoms with E-state index in [1.54, 1.807) is 6.92 Å². The number of quaternary nitrogens is 1. The Hall–Kier alpha value is -0.130. The summed E-state index contributed by atoms with van der Waals surface area (Å²) in [6, 6.07) is -0.499.